The first-order chi connectivity index (χ1) is 9.22. The Balaban J connectivity index is 1.83. The fourth-order valence-corrected chi connectivity index (χ4v) is 1.99. The second-order valence-electron chi connectivity index (χ2n) is 4.85. The third-order valence-electron chi connectivity index (χ3n) is 3.10. The highest BCUT2D eigenvalue weighted by molar-refractivity contribution is 6.01. The molecule has 4 heteroatoms. The molecule has 1 saturated carbocycles. The number of rotatable bonds is 3. The summed E-state index contributed by atoms with van der Waals surface area (Å²) in [6.45, 7) is 1.90. The largest absolute Gasteiger partial charge is 0.319 e. The molecule has 1 aromatic carbocycles. The minimum Gasteiger partial charge on any atom is -0.319 e. The Morgan fingerprint density at radius 1 is 1.21 bits per heavy atom. The Hall–Kier alpha value is -2.23. The molecule has 19 heavy (non-hydrogen) atoms. The minimum absolute atomic E-state index is 0.253. The highest BCUT2D eigenvalue weighted by Gasteiger charge is 2.26. The van der Waals surface area contributed by atoms with Crippen molar-refractivity contribution in [2.45, 2.75) is 25.7 Å². The van der Waals surface area contributed by atoms with Gasteiger partial charge in [-0.1, -0.05) is 18.2 Å². The topological polar surface area (TPSA) is 54.9 Å². The molecule has 1 aliphatic rings. The molecule has 1 heterocycles. The lowest BCUT2D eigenvalue weighted by Crippen LogP contribution is -2.17. The van der Waals surface area contributed by atoms with Crippen LogP contribution in [-0.2, 0) is 0 Å². The Labute approximate surface area is 111 Å². The van der Waals surface area contributed by atoms with E-state index in [1.165, 1.54) is 0 Å². The van der Waals surface area contributed by atoms with Crippen LogP contribution in [0, 0.1) is 6.92 Å². The van der Waals surface area contributed by atoms with E-state index in [0.29, 0.717) is 5.92 Å². The first-order valence-corrected chi connectivity index (χ1v) is 6.44. The van der Waals surface area contributed by atoms with Gasteiger partial charge in [0.15, 0.2) is 0 Å². The van der Waals surface area contributed by atoms with Crippen molar-refractivity contribution in [2.75, 3.05) is 5.32 Å². The molecule has 0 aliphatic heterocycles. The maximum atomic E-state index is 12.1. The molecular formula is C15H15N3O. The molecule has 0 bridgehead atoms. The van der Waals surface area contributed by atoms with E-state index in [0.717, 1.165) is 29.9 Å². The van der Waals surface area contributed by atoms with E-state index in [1.54, 1.807) is 0 Å². The molecule has 2 aromatic rings. The van der Waals surface area contributed by atoms with E-state index in [4.69, 9.17) is 0 Å². The highest BCUT2D eigenvalue weighted by Crippen LogP contribution is 2.39. The number of nitrogens with zero attached hydrogens (tertiary/aromatic N) is 2. The molecule has 0 atom stereocenters. The molecule has 3 rings (SSSR count). The van der Waals surface area contributed by atoms with Gasteiger partial charge in [-0.3, -0.25) is 4.79 Å². The number of hydrogen-bond acceptors (Lipinski definition) is 3. The number of amides is 1. The van der Waals surface area contributed by atoms with Gasteiger partial charge in [0.25, 0.3) is 5.91 Å². The van der Waals surface area contributed by atoms with Crippen molar-refractivity contribution in [3.8, 4) is 0 Å². The molecule has 1 fully saturated rings. The number of aromatic nitrogens is 2. The molecular weight excluding hydrogens is 238 g/mol. The summed E-state index contributed by atoms with van der Waals surface area (Å²) in [7, 11) is 0. The van der Waals surface area contributed by atoms with E-state index in [2.05, 4.69) is 15.3 Å². The molecule has 0 radical (unpaired) electrons. The molecule has 0 unspecified atom stereocenters. The fraction of sp³-hybridized carbons (Fsp3) is 0.267. The van der Waals surface area contributed by atoms with Gasteiger partial charge < -0.3 is 5.32 Å². The zero-order valence-corrected chi connectivity index (χ0v) is 10.8. The Morgan fingerprint density at radius 3 is 2.63 bits per heavy atom. The van der Waals surface area contributed by atoms with Crippen molar-refractivity contribution in [1.29, 1.82) is 0 Å². The Bertz CT molecular complexity index is 606. The lowest BCUT2D eigenvalue weighted by atomic mass is 10.2. The second-order valence-corrected chi connectivity index (χ2v) is 4.85. The van der Waals surface area contributed by atoms with Gasteiger partial charge >= 0.3 is 0 Å². The van der Waals surface area contributed by atoms with Crippen molar-refractivity contribution >= 4 is 11.6 Å². The summed E-state index contributed by atoms with van der Waals surface area (Å²) in [5.41, 5.74) is 2.59. The van der Waals surface area contributed by atoms with Crippen LogP contribution in [0.1, 0.15) is 40.8 Å². The lowest BCUT2D eigenvalue weighted by molar-refractivity contribution is 0.101. The Morgan fingerprint density at radius 2 is 1.95 bits per heavy atom. The number of nitrogens with one attached hydrogen (secondary N) is 1. The number of benzene rings is 1. The number of aryl methyl sites for hydroxylation is 1. The van der Waals surface area contributed by atoms with Crippen LogP contribution in [0.4, 0.5) is 5.69 Å². The van der Waals surface area contributed by atoms with Gasteiger partial charge in [-0.15, -0.1) is 0 Å². The highest BCUT2D eigenvalue weighted by atomic mass is 16.2. The van der Waals surface area contributed by atoms with E-state index < -0.39 is 0 Å². The number of anilines is 1. The van der Waals surface area contributed by atoms with Crippen molar-refractivity contribution < 1.29 is 4.79 Å². The number of para-hydroxylation sites is 1. The maximum Gasteiger partial charge on any atom is 0.293 e. The van der Waals surface area contributed by atoms with Gasteiger partial charge in [0.05, 0.1) is 0 Å². The smallest absolute Gasteiger partial charge is 0.293 e. The van der Waals surface area contributed by atoms with Crippen LogP contribution in [0.3, 0.4) is 0 Å². The molecule has 1 aromatic heterocycles. The van der Waals surface area contributed by atoms with Gasteiger partial charge in [0, 0.05) is 23.0 Å². The van der Waals surface area contributed by atoms with Crippen LogP contribution in [0.2, 0.25) is 0 Å². The van der Waals surface area contributed by atoms with E-state index in [1.807, 2.05) is 43.3 Å². The lowest BCUT2D eigenvalue weighted by Gasteiger charge is -2.06. The summed E-state index contributed by atoms with van der Waals surface area (Å²) in [6, 6.07) is 11.3. The van der Waals surface area contributed by atoms with Crippen molar-refractivity contribution in [1.82, 2.24) is 9.97 Å². The molecule has 1 N–H and O–H groups in total. The quantitative estimate of drug-likeness (QED) is 0.915. The van der Waals surface area contributed by atoms with E-state index in [9.17, 15) is 4.79 Å². The van der Waals surface area contributed by atoms with E-state index in [-0.39, 0.29) is 11.7 Å². The monoisotopic (exact) mass is 253 g/mol. The Kier molecular flexibility index (Phi) is 2.99. The van der Waals surface area contributed by atoms with Crippen LogP contribution in [0.25, 0.3) is 0 Å². The van der Waals surface area contributed by atoms with Crippen molar-refractivity contribution in [3.63, 3.8) is 0 Å². The fourth-order valence-electron chi connectivity index (χ4n) is 1.99. The second kappa shape index (κ2) is 4.80. The number of carbonyl (C=O) groups excluding carboxylic acids is 1. The molecule has 1 aliphatic carbocycles. The first kappa shape index (κ1) is 11.8. The zero-order valence-electron chi connectivity index (χ0n) is 10.8. The number of hydrogen-bond donors (Lipinski definition) is 1. The summed E-state index contributed by atoms with van der Waals surface area (Å²) < 4.78 is 0. The number of carbonyl (C=O) groups is 1. The third-order valence-corrected chi connectivity index (χ3v) is 3.10. The summed E-state index contributed by atoms with van der Waals surface area (Å²) in [6.07, 6.45) is 2.33. The summed E-state index contributed by atoms with van der Waals surface area (Å²) in [5, 5.41) is 2.81. The molecule has 96 valence electrons. The summed E-state index contributed by atoms with van der Waals surface area (Å²) in [4.78, 5) is 20.7. The van der Waals surface area contributed by atoms with Gasteiger partial charge in [-0.25, -0.2) is 9.97 Å². The van der Waals surface area contributed by atoms with Gasteiger partial charge in [-0.05, 0) is 38.0 Å². The molecule has 0 saturated heterocycles. The predicted octanol–water partition coefficient (Wildman–Crippen LogP) is 2.91. The van der Waals surface area contributed by atoms with Crippen LogP contribution in [0.5, 0.6) is 0 Å². The van der Waals surface area contributed by atoms with E-state index >= 15 is 0 Å². The molecule has 4 nitrogen and oxygen atoms in total. The minimum atomic E-state index is -0.253. The SMILES string of the molecule is Cc1cc(C2CC2)nc(C(=O)Nc2ccccc2)n1. The average Bonchev–Trinajstić information content (AvgIpc) is 3.23. The zero-order chi connectivity index (χ0) is 13.2. The van der Waals surface area contributed by atoms with Crippen LogP contribution in [0.15, 0.2) is 36.4 Å². The van der Waals surface area contributed by atoms with Crippen molar-refractivity contribution in [3.05, 3.63) is 53.6 Å². The molecule has 0 spiro atoms. The van der Waals surface area contributed by atoms with Crippen molar-refractivity contribution in [2.24, 2.45) is 0 Å². The average molecular weight is 253 g/mol. The van der Waals surface area contributed by atoms with Gasteiger partial charge in [0.1, 0.15) is 0 Å². The van der Waals surface area contributed by atoms with Crippen LogP contribution in [-0.4, -0.2) is 15.9 Å². The molecule has 1 amide bonds. The first-order valence-electron chi connectivity index (χ1n) is 6.44. The van der Waals surface area contributed by atoms with Crippen LogP contribution < -0.4 is 5.32 Å². The standard InChI is InChI=1S/C15H15N3O/c1-10-9-13(11-7-8-11)18-14(16-10)15(19)17-12-5-3-2-4-6-12/h2-6,9,11H,7-8H2,1H3,(H,17,19). The summed E-state index contributed by atoms with van der Waals surface area (Å²) >= 11 is 0. The van der Waals surface area contributed by atoms with Crippen LogP contribution >= 0.6 is 0 Å². The normalized spacial score (nSPS) is 14.2. The van der Waals surface area contributed by atoms with Gasteiger partial charge in [-0.2, -0.15) is 0 Å². The summed E-state index contributed by atoms with van der Waals surface area (Å²) in [5.74, 6) is 0.521. The van der Waals surface area contributed by atoms with Gasteiger partial charge in [0.2, 0.25) is 5.82 Å². The maximum absolute atomic E-state index is 12.1. The predicted molar refractivity (Wildman–Crippen MR) is 73.1 cm³/mol. The third kappa shape index (κ3) is 2.78.